The van der Waals surface area contributed by atoms with Crippen LogP contribution in [0.15, 0.2) is 46.9 Å². The zero-order valence-electron chi connectivity index (χ0n) is 18.3. The molecule has 2 heterocycles. The second kappa shape index (κ2) is 11.0. The first-order valence-electron chi connectivity index (χ1n) is 10.9. The molecule has 4 rings (SSSR count). The van der Waals surface area contributed by atoms with Gasteiger partial charge in [-0.1, -0.05) is 57.7 Å². The highest BCUT2D eigenvalue weighted by molar-refractivity contribution is 9.10. The van der Waals surface area contributed by atoms with Crippen molar-refractivity contribution < 1.29 is 9.53 Å². The lowest BCUT2D eigenvalue weighted by molar-refractivity contribution is 0.0737. The van der Waals surface area contributed by atoms with Gasteiger partial charge < -0.3 is 4.74 Å². The molecule has 1 aliphatic heterocycles. The summed E-state index contributed by atoms with van der Waals surface area (Å²) in [6, 6.07) is 13.1. The number of hydrogen-bond acceptors (Lipinski definition) is 4. The van der Waals surface area contributed by atoms with Crippen molar-refractivity contribution in [3.05, 3.63) is 68.2 Å². The summed E-state index contributed by atoms with van der Waals surface area (Å²) < 4.78 is 8.44. The van der Waals surface area contributed by atoms with Crippen LogP contribution in [0.5, 0.6) is 0 Å². The summed E-state index contributed by atoms with van der Waals surface area (Å²) in [6.07, 6.45) is 3.30. The summed E-state index contributed by atoms with van der Waals surface area (Å²) in [4.78, 5) is 13.4. The first-order valence-corrected chi connectivity index (χ1v) is 12.5. The highest BCUT2D eigenvalue weighted by Crippen LogP contribution is 2.34. The molecule has 0 spiro atoms. The maximum Gasteiger partial charge on any atom is 0.286 e. The van der Waals surface area contributed by atoms with Gasteiger partial charge in [0.05, 0.1) is 23.0 Å². The maximum atomic E-state index is 13.4. The largest absolute Gasteiger partial charge is 0.377 e. The Labute approximate surface area is 211 Å². The van der Waals surface area contributed by atoms with Gasteiger partial charge in [0, 0.05) is 40.3 Å². The fourth-order valence-electron chi connectivity index (χ4n) is 3.91. The first-order chi connectivity index (χ1) is 16.0. The van der Waals surface area contributed by atoms with Crippen molar-refractivity contribution in [3.8, 4) is 16.9 Å². The maximum absolute atomic E-state index is 13.4. The predicted molar refractivity (Wildman–Crippen MR) is 135 cm³/mol. The number of benzene rings is 2. The van der Waals surface area contributed by atoms with Crippen LogP contribution in [0, 0.1) is 0 Å². The third-order valence-electron chi connectivity index (χ3n) is 5.52. The lowest BCUT2D eigenvalue weighted by atomic mass is 10.1. The summed E-state index contributed by atoms with van der Waals surface area (Å²) in [6.45, 7) is 4.34. The molecule has 33 heavy (non-hydrogen) atoms. The van der Waals surface area contributed by atoms with Crippen molar-refractivity contribution in [2.24, 2.45) is 0 Å². The van der Waals surface area contributed by atoms with E-state index in [1.807, 2.05) is 36.2 Å². The van der Waals surface area contributed by atoms with E-state index in [-0.39, 0.29) is 12.5 Å². The van der Waals surface area contributed by atoms with Gasteiger partial charge in [0.1, 0.15) is 0 Å². The van der Waals surface area contributed by atoms with Gasteiger partial charge in [0.2, 0.25) is 0 Å². The van der Waals surface area contributed by atoms with Crippen LogP contribution < -0.4 is 5.43 Å². The van der Waals surface area contributed by atoms with Crippen LogP contribution in [0.4, 0.5) is 0 Å². The Morgan fingerprint density at radius 1 is 1.12 bits per heavy atom. The quantitative estimate of drug-likeness (QED) is 0.375. The zero-order chi connectivity index (χ0) is 23.4. The van der Waals surface area contributed by atoms with E-state index >= 15 is 0 Å². The normalized spacial score (nSPS) is 14.4. The Hall–Kier alpha value is -1.90. The Morgan fingerprint density at radius 2 is 1.85 bits per heavy atom. The van der Waals surface area contributed by atoms with Crippen LogP contribution in [-0.4, -0.2) is 40.4 Å². The zero-order valence-corrected chi connectivity index (χ0v) is 21.4. The molecule has 0 radical (unpaired) electrons. The third kappa shape index (κ3) is 5.61. The number of aromatic nitrogens is 2. The van der Waals surface area contributed by atoms with Gasteiger partial charge in [-0.15, -0.1) is 0 Å². The predicted octanol–water partition coefficient (Wildman–Crippen LogP) is 6.28. The number of piperidine rings is 1. The molecule has 1 fully saturated rings. The van der Waals surface area contributed by atoms with E-state index in [9.17, 15) is 4.79 Å². The summed E-state index contributed by atoms with van der Waals surface area (Å²) in [5.74, 6) is -0.256. The number of amides is 1. The fourth-order valence-corrected chi connectivity index (χ4v) is 4.66. The van der Waals surface area contributed by atoms with E-state index in [0.29, 0.717) is 33.6 Å². The molecule has 0 saturated carbocycles. The highest BCUT2D eigenvalue weighted by Gasteiger charge is 2.27. The number of hydrogen-bond donors (Lipinski definition) is 1. The van der Waals surface area contributed by atoms with E-state index in [4.69, 9.17) is 33.0 Å². The van der Waals surface area contributed by atoms with E-state index < -0.39 is 0 Å². The van der Waals surface area contributed by atoms with Gasteiger partial charge in [-0.05, 0) is 50.1 Å². The Kier molecular flexibility index (Phi) is 8.09. The van der Waals surface area contributed by atoms with Gasteiger partial charge in [-0.3, -0.25) is 10.2 Å². The lowest BCUT2D eigenvalue weighted by Crippen LogP contribution is -2.45. The van der Waals surface area contributed by atoms with Crippen molar-refractivity contribution in [2.45, 2.75) is 32.8 Å². The minimum atomic E-state index is -0.256. The summed E-state index contributed by atoms with van der Waals surface area (Å²) in [7, 11) is 0. The molecule has 1 saturated heterocycles. The SMILES string of the molecule is CCOCc1c(C(=O)NN2CCCCC2)nn(-c2ccc(Cl)cc2Cl)c1-c1ccc(Br)cc1. The smallest absolute Gasteiger partial charge is 0.286 e. The van der Waals surface area contributed by atoms with Crippen molar-refractivity contribution in [1.29, 1.82) is 0 Å². The molecule has 1 aromatic heterocycles. The van der Waals surface area contributed by atoms with Crippen molar-refractivity contribution >= 4 is 45.0 Å². The van der Waals surface area contributed by atoms with Crippen LogP contribution in [0.1, 0.15) is 42.2 Å². The number of hydrazine groups is 1. The number of carbonyl (C=O) groups is 1. The van der Waals surface area contributed by atoms with Gasteiger partial charge in [-0.2, -0.15) is 5.10 Å². The van der Waals surface area contributed by atoms with Gasteiger partial charge in [-0.25, -0.2) is 9.69 Å². The molecule has 9 heteroatoms. The van der Waals surface area contributed by atoms with Gasteiger partial charge in [0.15, 0.2) is 5.69 Å². The summed E-state index contributed by atoms with van der Waals surface area (Å²) >= 11 is 16.2. The Balaban J connectivity index is 1.86. The van der Waals surface area contributed by atoms with Crippen molar-refractivity contribution in [2.75, 3.05) is 19.7 Å². The van der Waals surface area contributed by atoms with Crippen LogP contribution in [-0.2, 0) is 11.3 Å². The molecule has 1 amide bonds. The fraction of sp³-hybridized carbons (Fsp3) is 0.333. The number of halogens is 3. The van der Waals surface area contributed by atoms with Gasteiger partial charge in [0.25, 0.3) is 5.91 Å². The summed E-state index contributed by atoms with van der Waals surface area (Å²) in [5, 5.41) is 7.67. The number of nitrogens with one attached hydrogen (secondary N) is 1. The number of ether oxygens (including phenoxy) is 1. The molecule has 0 atom stereocenters. The van der Waals surface area contributed by atoms with Crippen molar-refractivity contribution in [1.82, 2.24) is 20.2 Å². The second-order valence-corrected chi connectivity index (χ2v) is 9.58. The Bertz CT molecular complexity index is 1130. The highest BCUT2D eigenvalue weighted by atomic mass is 79.9. The van der Waals surface area contributed by atoms with Crippen molar-refractivity contribution in [3.63, 3.8) is 0 Å². The molecule has 0 bridgehead atoms. The molecule has 2 aromatic carbocycles. The van der Waals surface area contributed by atoms with E-state index in [1.54, 1.807) is 22.9 Å². The monoisotopic (exact) mass is 550 g/mol. The Morgan fingerprint density at radius 3 is 2.52 bits per heavy atom. The average Bonchev–Trinajstić information content (AvgIpc) is 3.18. The second-order valence-electron chi connectivity index (χ2n) is 7.82. The van der Waals surface area contributed by atoms with Crippen LogP contribution in [0.3, 0.4) is 0 Å². The van der Waals surface area contributed by atoms with Crippen LogP contribution >= 0.6 is 39.1 Å². The topological polar surface area (TPSA) is 59.4 Å². The first kappa shape index (κ1) is 24.2. The standard InChI is InChI=1S/C24H25BrCl2N4O2/c1-2-33-15-19-22(24(32)29-30-12-4-3-5-13-30)28-31(21-11-10-18(26)14-20(21)27)23(19)16-6-8-17(25)9-7-16/h6-11,14H,2-5,12-13,15H2,1H3,(H,29,32). The molecule has 3 aromatic rings. The molecule has 0 aliphatic carbocycles. The molecule has 174 valence electrons. The molecular formula is C24H25BrCl2N4O2. The van der Waals surface area contributed by atoms with E-state index in [0.717, 1.165) is 41.7 Å². The lowest BCUT2D eigenvalue weighted by Gasteiger charge is -2.26. The number of nitrogens with zero attached hydrogens (tertiary/aromatic N) is 3. The molecular weight excluding hydrogens is 527 g/mol. The summed E-state index contributed by atoms with van der Waals surface area (Å²) in [5.41, 5.74) is 6.33. The van der Waals surface area contributed by atoms with Gasteiger partial charge >= 0.3 is 0 Å². The number of rotatable bonds is 7. The minimum Gasteiger partial charge on any atom is -0.377 e. The van der Waals surface area contributed by atoms with E-state index in [2.05, 4.69) is 21.4 Å². The molecule has 6 nitrogen and oxygen atoms in total. The van der Waals surface area contributed by atoms with Crippen LogP contribution in [0.2, 0.25) is 10.0 Å². The third-order valence-corrected chi connectivity index (χ3v) is 6.59. The van der Waals surface area contributed by atoms with E-state index in [1.165, 1.54) is 6.42 Å². The minimum absolute atomic E-state index is 0.246. The molecule has 1 aliphatic rings. The molecule has 1 N–H and O–H groups in total. The van der Waals surface area contributed by atoms with Crippen LogP contribution in [0.25, 0.3) is 16.9 Å². The number of carbonyl (C=O) groups excluding carboxylic acids is 1. The average molecular weight is 552 g/mol. The molecule has 0 unspecified atom stereocenters.